The van der Waals surface area contributed by atoms with Crippen LogP contribution in [0, 0.1) is 6.92 Å². The third-order valence-corrected chi connectivity index (χ3v) is 4.29. The molecule has 5 heteroatoms. The van der Waals surface area contributed by atoms with Crippen LogP contribution in [-0.2, 0) is 0 Å². The predicted molar refractivity (Wildman–Crippen MR) is 75.1 cm³/mol. The molecular weight excluding hydrogens is 252 g/mol. The van der Waals surface area contributed by atoms with E-state index in [1.54, 1.807) is 13.0 Å². The molecule has 82 valence electrons. The van der Waals surface area contributed by atoms with Crippen LogP contribution in [0.1, 0.15) is 5.69 Å². The highest BCUT2D eigenvalue weighted by Gasteiger charge is 2.12. The van der Waals surface area contributed by atoms with E-state index < -0.39 is 0 Å². The van der Waals surface area contributed by atoms with E-state index in [2.05, 4.69) is 4.98 Å². The molecule has 0 aliphatic heterocycles. The van der Waals surface area contributed by atoms with Gasteiger partial charge in [-0.1, -0.05) is 35.3 Å². The summed E-state index contributed by atoms with van der Waals surface area (Å²) >= 11 is 7.50. The van der Waals surface area contributed by atoms with Gasteiger partial charge in [-0.05, 0) is 6.92 Å². The minimum atomic E-state index is -0.117. The number of pyridine rings is 1. The van der Waals surface area contributed by atoms with Crippen molar-refractivity contribution in [1.29, 1.82) is 0 Å². The van der Waals surface area contributed by atoms with Crippen LogP contribution in [-0.4, -0.2) is 12.8 Å². The second-order valence-corrected chi connectivity index (χ2v) is 5.39. The maximum atomic E-state index is 12.1. The summed E-state index contributed by atoms with van der Waals surface area (Å²) in [5.41, 5.74) is 1.27. The summed E-state index contributed by atoms with van der Waals surface area (Å²) in [6.45, 7) is 1.79. The van der Waals surface area contributed by atoms with Crippen LogP contribution in [0.15, 0.2) is 23.0 Å². The molecule has 3 aromatic rings. The summed E-state index contributed by atoms with van der Waals surface area (Å²) in [6.07, 6.45) is 0. The third kappa shape index (κ3) is 1.52. The second kappa shape index (κ2) is 3.62. The average Bonchev–Trinajstić information content (AvgIpc) is 2.63. The van der Waals surface area contributed by atoms with E-state index in [0.29, 0.717) is 16.5 Å². The first-order chi connectivity index (χ1) is 8.08. The quantitative estimate of drug-likeness (QED) is 0.618. The van der Waals surface area contributed by atoms with Crippen LogP contribution in [0.5, 0.6) is 0 Å². The summed E-state index contributed by atoms with van der Waals surface area (Å²) in [6, 6.07) is 5.53. The highest BCUT2D eigenvalue weighted by molar-refractivity contribution is 7.25. The third-order valence-electron chi connectivity index (χ3n) is 2.77. The lowest BCUT2D eigenvalue weighted by molar-refractivity contribution is 1.26. The first kappa shape index (κ1) is 10.9. The van der Waals surface area contributed by atoms with Gasteiger partial charge in [0.15, 0.2) is 0 Å². The molecule has 3 rings (SSSR count). The molecule has 2 nitrogen and oxygen atoms in total. The van der Waals surface area contributed by atoms with E-state index >= 15 is 0 Å². The standard InChI is InChI=1S/C12H7BClNOS/c1-5-10(14)11(16)9-7-3-2-6(13)4-8(7)17-12(9)15-5/h2-4H,1H3,(H,15,16). The highest BCUT2D eigenvalue weighted by atomic mass is 35.5. The molecule has 17 heavy (non-hydrogen) atoms. The van der Waals surface area contributed by atoms with E-state index in [1.807, 2.05) is 12.1 Å². The Morgan fingerprint density at radius 3 is 2.94 bits per heavy atom. The zero-order valence-electron chi connectivity index (χ0n) is 9.00. The number of aryl methyl sites for hydroxylation is 1. The largest absolute Gasteiger partial charge is 0.349 e. The number of halogens is 1. The molecule has 0 spiro atoms. The zero-order chi connectivity index (χ0) is 12.2. The Hall–Kier alpha value is -1.26. The van der Waals surface area contributed by atoms with E-state index in [0.717, 1.165) is 14.9 Å². The van der Waals surface area contributed by atoms with Gasteiger partial charge >= 0.3 is 0 Å². The molecule has 2 aromatic heterocycles. The van der Waals surface area contributed by atoms with Gasteiger partial charge in [0.2, 0.25) is 5.43 Å². The molecule has 0 aliphatic carbocycles. The number of hydrogen-bond acceptors (Lipinski definition) is 2. The van der Waals surface area contributed by atoms with Gasteiger partial charge in [-0.3, -0.25) is 4.79 Å². The van der Waals surface area contributed by atoms with Crippen LogP contribution in [0.4, 0.5) is 0 Å². The highest BCUT2D eigenvalue weighted by Crippen LogP contribution is 2.31. The molecule has 0 unspecified atom stereocenters. The lowest BCUT2D eigenvalue weighted by Crippen LogP contribution is -2.05. The fourth-order valence-corrected chi connectivity index (χ4v) is 3.28. The van der Waals surface area contributed by atoms with Crippen molar-refractivity contribution in [1.82, 2.24) is 4.98 Å². The predicted octanol–water partition coefficient (Wildman–Crippen LogP) is 2.50. The maximum absolute atomic E-state index is 12.1. The van der Waals surface area contributed by atoms with Crippen molar-refractivity contribution in [3.8, 4) is 0 Å². The van der Waals surface area contributed by atoms with Crippen LogP contribution in [0.3, 0.4) is 0 Å². The second-order valence-electron chi connectivity index (χ2n) is 3.95. The van der Waals surface area contributed by atoms with E-state index in [-0.39, 0.29) is 10.5 Å². The SMILES string of the molecule is [B]c1ccc2c(c1)sc1[nH]c(C)c(Cl)c(=O)c12. The number of rotatable bonds is 0. The number of nitrogens with one attached hydrogen (secondary N) is 1. The van der Waals surface area contributed by atoms with Gasteiger partial charge < -0.3 is 4.98 Å². The maximum Gasteiger partial charge on any atom is 0.209 e. The van der Waals surface area contributed by atoms with E-state index in [9.17, 15) is 4.79 Å². The molecule has 0 fully saturated rings. The number of aromatic nitrogens is 1. The normalized spacial score (nSPS) is 11.4. The van der Waals surface area contributed by atoms with Gasteiger partial charge in [0.05, 0.1) is 5.39 Å². The fraction of sp³-hybridized carbons (Fsp3) is 0.0833. The molecule has 0 bridgehead atoms. The molecule has 0 aliphatic rings. The van der Waals surface area contributed by atoms with Crippen molar-refractivity contribution in [2.75, 3.05) is 0 Å². The van der Waals surface area contributed by atoms with Crippen LogP contribution >= 0.6 is 22.9 Å². The molecular formula is C12H7BClNOS. The Balaban J connectivity index is 2.62. The molecule has 2 radical (unpaired) electrons. The lowest BCUT2D eigenvalue weighted by Gasteiger charge is -1.98. The van der Waals surface area contributed by atoms with E-state index in [4.69, 9.17) is 19.4 Å². The lowest BCUT2D eigenvalue weighted by atomic mass is 9.95. The molecule has 0 amide bonds. The molecule has 0 saturated carbocycles. The zero-order valence-corrected chi connectivity index (χ0v) is 10.6. The summed E-state index contributed by atoms with van der Waals surface area (Å²) in [5, 5.41) is 1.82. The molecule has 2 heterocycles. The average molecular weight is 260 g/mol. The molecule has 0 atom stereocenters. The number of thiophene rings is 1. The van der Waals surface area contributed by atoms with Gasteiger partial charge in [-0.2, -0.15) is 0 Å². The van der Waals surface area contributed by atoms with E-state index in [1.165, 1.54) is 11.3 Å². The van der Waals surface area contributed by atoms with Gasteiger partial charge in [0, 0.05) is 15.8 Å². The van der Waals surface area contributed by atoms with Gasteiger partial charge in [0.1, 0.15) is 17.7 Å². The van der Waals surface area contributed by atoms with Crippen molar-refractivity contribution >= 4 is 56.5 Å². The Bertz CT molecular complexity index is 805. The first-order valence-corrected chi connectivity index (χ1v) is 6.27. The number of hydrogen-bond donors (Lipinski definition) is 1. The van der Waals surface area contributed by atoms with Crippen molar-refractivity contribution in [2.45, 2.75) is 6.92 Å². The topological polar surface area (TPSA) is 32.9 Å². The number of aromatic amines is 1. The smallest absolute Gasteiger partial charge is 0.209 e. The molecule has 0 saturated heterocycles. The van der Waals surface area contributed by atoms with Crippen molar-refractivity contribution in [2.24, 2.45) is 0 Å². The summed E-state index contributed by atoms with van der Waals surface area (Å²) in [4.78, 5) is 16.1. The van der Waals surface area contributed by atoms with Gasteiger partial charge in [-0.25, -0.2) is 0 Å². The molecule has 1 aromatic carbocycles. The summed E-state index contributed by atoms with van der Waals surface area (Å²) < 4.78 is 0.995. The van der Waals surface area contributed by atoms with Crippen molar-refractivity contribution in [3.63, 3.8) is 0 Å². The van der Waals surface area contributed by atoms with Gasteiger partial charge in [0.25, 0.3) is 0 Å². The minimum absolute atomic E-state index is 0.117. The molecule has 1 N–H and O–H groups in total. The Morgan fingerprint density at radius 1 is 1.41 bits per heavy atom. The summed E-state index contributed by atoms with van der Waals surface area (Å²) in [7, 11) is 5.74. The first-order valence-electron chi connectivity index (χ1n) is 5.08. The number of fused-ring (bicyclic) bond motifs is 3. The van der Waals surface area contributed by atoms with Crippen LogP contribution in [0.25, 0.3) is 20.3 Å². The van der Waals surface area contributed by atoms with Crippen molar-refractivity contribution < 1.29 is 0 Å². The Morgan fingerprint density at radius 2 is 2.18 bits per heavy atom. The van der Waals surface area contributed by atoms with Gasteiger partial charge in [-0.15, -0.1) is 11.3 Å². The minimum Gasteiger partial charge on any atom is -0.349 e. The Labute approximate surface area is 108 Å². The number of H-pyrrole nitrogens is 1. The summed E-state index contributed by atoms with van der Waals surface area (Å²) in [5.74, 6) is 0. The van der Waals surface area contributed by atoms with Crippen LogP contribution < -0.4 is 10.9 Å². The fourth-order valence-electron chi connectivity index (χ4n) is 1.93. The number of benzene rings is 1. The van der Waals surface area contributed by atoms with Crippen LogP contribution in [0.2, 0.25) is 5.02 Å². The monoisotopic (exact) mass is 259 g/mol. The Kier molecular flexibility index (Phi) is 2.31. The van der Waals surface area contributed by atoms with Crippen molar-refractivity contribution in [3.05, 3.63) is 39.1 Å².